The van der Waals surface area contributed by atoms with Crippen molar-refractivity contribution in [3.05, 3.63) is 12.2 Å². The van der Waals surface area contributed by atoms with E-state index in [9.17, 15) is 0 Å². The Morgan fingerprint density at radius 1 is 0.864 bits per heavy atom. The van der Waals surface area contributed by atoms with Crippen LogP contribution in [0.15, 0.2) is 12.2 Å². The summed E-state index contributed by atoms with van der Waals surface area (Å²) in [5.74, 6) is 0. The van der Waals surface area contributed by atoms with Gasteiger partial charge in [-0.25, -0.2) is 0 Å². The van der Waals surface area contributed by atoms with Crippen LogP contribution in [0.1, 0.15) is 39.5 Å². The first-order chi connectivity index (χ1) is 8.68. The molecule has 0 radical (unpaired) electrons. The Morgan fingerprint density at radius 3 is 1.59 bits per heavy atom. The van der Waals surface area contributed by atoms with Gasteiger partial charge in [-0.15, -0.1) is 49.6 Å². The number of hydrogen-bond donors (Lipinski definition) is 4. The summed E-state index contributed by atoms with van der Waals surface area (Å²) < 4.78 is 0. The molecule has 0 aliphatic rings. The molecule has 8 heteroatoms. The van der Waals surface area contributed by atoms with Crippen LogP contribution in [-0.4, -0.2) is 38.3 Å². The minimum atomic E-state index is -0.190. The molecule has 0 aliphatic carbocycles. The van der Waals surface area contributed by atoms with Crippen molar-refractivity contribution in [3.63, 3.8) is 0 Å². The summed E-state index contributed by atoms with van der Waals surface area (Å²) in [6.45, 7) is 8.95. The molecular formula is C14H36Cl4N4. The average Bonchev–Trinajstić information content (AvgIpc) is 2.38. The van der Waals surface area contributed by atoms with E-state index in [0.29, 0.717) is 6.54 Å². The summed E-state index contributed by atoms with van der Waals surface area (Å²) in [7, 11) is 0. The van der Waals surface area contributed by atoms with E-state index in [4.69, 9.17) is 11.5 Å². The molecule has 0 saturated carbocycles. The van der Waals surface area contributed by atoms with E-state index in [1.54, 1.807) is 0 Å². The van der Waals surface area contributed by atoms with Gasteiger partial charge in [0.05, 0.1) is 0 Å². The Labute approximate surface area is 161 Å². The zero-order valence-electron chi connectivity index (χ0n) is 13.8. The Hall–Kier alpha value is 0.740. The Kier molecular flexibility index (Phi) is 37.3. The van der Waals surface area contributed by atoms with Gasteiger partial charge in [-0.1, -0.05) is 26.0 Å². The van der Waals surface area contributed by atoms with Gasteiger partial charge in [0.15, 0.2) is 0 Å². The van der Waals surface area contributed by atoms with E-state index in [-0.39, 0.29) is 55.2 Å². The molecular weight excluding hydrogens is 366 g/mol. The number of hydrogen-bond acceptors (Lipinski definition) is 4. The SMILES string of the molecule is CCNCCCC(N)(/C=C\CN)CCCNCC.Cl.Cl.Cl.Cl. The highest BCUT2D eigenvalue weighted by molar-refractivity contribution is 5.86. The van der Waals surface area contributed by atoms with E-state index in [1.807, 2.05) is 6.08 Å². The molecule has 22 heavy (non-hydrogen) atoms. The third-order valence-electron chi connectivity index (χ3n) is 3.08. The van der Waals surface area contributed by atoms with E-state index < -0.39 is 0 Å². The average molecular weight is 402 g/mol. The molecule has 140 valence electrons. The molecule has 0 aromatic rings. The third kappa shape index (κ3) is 20.7. The fraction of sp³-hybridized carbons (Fsp3) is 0.857. The number of rotatable bonds is 12. The summed E-state index contributed by atoms with van der Waals surface area (Å²) in [6.07, 6.45) is 8.34. The summed E-state index contributed by atoms with van der Waals surface area (Å²) >= 11 is 0. The Morgan fingerprint density at radius 2 is 1.27 bits per heavy atom. The normalized spacial score (nSPS) is 10.2. The van der Waals surface area contributed by atoms with Gasteiger partial charge in [-0.05, 0) is 51.9 Å². The van der Waals surface area contributed by atoms with Crippen molar-refractivity contribution in [1.82, 2.24) is 10.6 Å². The molecule has 0 saturated heterocycles. The lowest BCUT2D eigenvalue weighted by Crippen LogP contribution is -2.39. The molecule has 0 atom stereocenters. The van der Waals surface area contributed by atoms with Gasteiger partial charge in [0.25, 0.3) is 0 Å². The van der Waals surface area contributed by atoms with Crippen molar-refractivity contribution in [2.75, 3.05) is 32.7 Å². The molecule has 0 bridgehead atoms. The molecule has 6 N–H and O–H groups in total. The molecule has 0 spiro atoms. The summed E-state index contributed by atoms with van der Waals surface area (Å²) in [5.41, 5.74) is 11.8. The molecule has 0 heterocycles. The van der Waals surface area contributed by atoms with E-state index in [1.165, 1.54) is 0 Å². The third-order valence-corrected chi connectivity index (χ3v) is 3.08. The van der Waals surface area contributed by atoms with Crippen molar-refractivity contribution in [3.8, 4) is 0 Å². The predicted octanol–water partition coefficient (Wildman–Crippen LogP) is 2.67. The minimum Gasteiger partial charge on any atom is -0.327 e. The fourth-order valence-electron chi connectivity index (χ4n) is 2.03. The Balaban J connectivity index is -0.000000241. The zero-order chi connectivity index (χ0) is 13.7. The first-order valence-corrected chi connectivity index (χ1v) is 7.26. The van der Waals surface area contributed by atoms with Gasteiger partial charge in [-0.3, -0.25) is 0 Å². The zero-order valence-corrected chi connectivity index (χ0v) is 17.1. The van der Waals surface area contributed by atoms with Crippen LogP contribution < -0.4 is 22.1 Å². The highest BCUT2D eigenvalue weighted by Gasteiger charge is 2.20. The number of halogens is 4. The minimum absolute atomic E-state index is 0. The predicted molar refractivity (Wildman–Crippen MR) is 110 cm³/mol. The lowest BCUT2D eigenvalue weighted by atomic mass is 9.88. The molecule has 0 aromatic heterocycles. The van der Waals surface area contributed by atoms with Crippen LogP contribution in [0.25, 0.3) is 0 Å². The molecule has 0 amide bonds. The van der Waals surface area contributed by atoms with Crippen LogP contribution >= 0.6 is 49.6 Å². The second-order valence-electron chi connectivity index (χ2n) is 4.79. The van der Waals surface area contributed by atoms with Crippen LogP contribution in [0.5, 0.6) is 0 Å². The molecule has 4 nitrogen and oxygen atoms in total. The van der Waals surface area contributed by atoms with Crippen LogP contribution in [-0.2, 0) is 0 Å². The summed E-state index contributed by atoms with van der Waals surface area (Å²) in [5, 5.41) is 6.67. The smallest absolute Gasteiger partial charge is 0.0340 e. The van der Waals surface area contributed by atoms with Gasteiger partial charge in [0.1, 0.15) is 0 Å². The molecule has 0 fully saturated rings. The van der Waals surface area contributed by atoms with E-state index in [0.717, 1.165) is 51.9 Å². The number of nitrogens with two attached hydrogens (primary N) is 2. The standard InChI is InChI=1S/C14H32N4.4ClH/c1-3-17-12-6-9-14(16,8-5-11-15)10-7-13-18-4-2;;;;/h5,8,17-18H,3-4,6-7,9-13,15-16H2,1-2H3;4*1H/b8-5-;;;;. The summed E-state index contributed by atoms with van der Waals surface area (Å²) in [6, 6.07) is 0. The second kappa shape index (κ2) is 24.0. The maximum absolute atomic E-state index is 6.45. The van der Waals surface area contributed by atoms with Crippen molar-refractivity contribution >= 4 is 49.6 Å². The van der Waals surface area contributed by atoms with Gasteiger partial charge in [-0.2, -0.15) is 0 Å². The lowest BCUT2D eigenvalue weighted by molar-refractivity contribution is 0.413. The second-order valence-corrected chi connectivity index (χ2v) is 4.79. The van der Waals surface area contributed by atoms with E-state index >= 15 is 0 Å². The first kappa shape index (κ1) is 34.2. The topological polar surface area (TPSA) is 76.1 Å². The van der Waals surface area contributed by atoms with Crippen molar-refractivity contribution in [2.45, 2.75) is 45.1 Å². The van der Waals surface area contributed by atoms with Crippen molar-refractivity contribution < 1.29 is 0 Å². The van der Waals surface area contributed by atoms with E-state index in [2.05, 4.69) is 30.6 Å². The molecule has 0 rings (SSSR count). The highest BCUT2D eigenvalue weighted by atomic mass is 35.5. The van der Waals surface area contributed by atoms with Gasteiger partial charge in [0, 0.05) is 12.1 Å². The van der Waals surface area contributed by atoms with Crippen LogP contribution in [0, 0.1) is 0 Å². The monoisotopic (exact) mass is 400 g/mol. The molecule has 0 aliphatic heterocycles. The fourth-order valence-corrected chi connectivity index (χ4v) is 2.03. The maximum Gasteiger partial charge on any atom is 0.0340 e. The first-order valence-electron chi connectivity index (χ1n) is 7.26. The highest BCUT2D eigenvalue weighted by Crippen LogP contribution is 2.18. The largest absolute Gasteiger partial charge is 0.327 e. The maximum atomic E-state index is 6.45. The summed E-state index contributed by atoms with van der Waals surface area (Å²) in [4.78, 5) is 0. The molecule has 0 unspecified atom stereocenters. The molecule has 0 aromatic carbocycles. The van der Waals surface area contributed by atoms with Crippen molar-refractivity contribution in [2.24, 2.45) is 11.5 Å². The quantitative estimate of drug-likeness (QED) is 0.299. The van der Waals surface area contributed by atoms with Crippen LogP contribution in [0.2, 0.25) is 0 Å². The van der Waals surface area contributed by atoms with Gasteiger partial charge in [0.2, 0.25) is 0 Å². The van der Waals surface area contributed by atoms with Crippen LogP contribution in [0.4, 0.5) is 0 Å². The van der Waals surface area contributed by atoms with Gasteiger partial charge >= 0.3 is 0 Å². The lowest BCUT2D eigenvalue weighted by Gasteiger charge is -2.26. The number of nitrogens with one attached hydrogen (secondary N) is 2. The van der Waals surface area contributed by atoms with Gasteiger partial charge < -0.3 is 22.1 Å². The van der Waals surface area contributed by atoms with Crippen LogP contribution in [0.3, 0.4) is 0 Å². The van der Waals surface area contributed by atoms with Crippen molar-refractivity contribution in [1.29, 1.82) is 0 Å². The Bertz CT molecular complexity index is 207.